The molecule has 0 aromatic carbocycles. The van der Waals surface area contributed by atoms with Gasteiger partial charge in [-0.15, -0.1) is 0 Å². The van der Waals surface area contributed by atoms with Crippen LogP contribution < -0.4 is 5.73 Å². The molecule has 1 saturated heterocycles. The molecule has 0 bridgehead atoms. The van der Waals surface area contributed by atoms with Crippen LogP contribution in [0.3, 0.4) is 0 Å². The predicted octanol–water partition coefficient (Wildman–Crippen LogP) is 15.0. The van der Waals surface area contributed by atoms with E-state index < -0.39 is 13.6 Å². The molecule has 1 heterocycles. The van der Waals surface area contributed by atoms with Gasteiger partial charge in [0.25, 0.3) is 0 Å². The van der Waals surface area contributed by atoms with E-state index in [0.29, 0.717) is 13.2 Å². The number of hydrogen-bond donors (Lipinski definition) is 1. The van der Waals surface area contributed by atoms with Crippen LogP contribution in [-0.2, 0) is 27.6 Å². The lowest BCUT2D eigenvalue weighted by Crippen LogP contribution is -2.58. The third-order valence-corrected chi connectivity index (χ3v) is 14.4. The van der Waals surface area contributed by atoms with Gasteiger partial charge in [0.2, 0.25) is 0 Å². The third kappa shape index (κ3) is 25.3. The van der Waals surface area contributed by atoms with E-state index >= 15 is 0 Å². The second-order valence-electron chi connectivity index (χ2n) is 18.3. The Morgan fingerprint density at radius 2 is 1.07 bits per heavy atom. The van der Waals surface area contributed by atoms with E-state index in [0.717, 1.165) is 38.5 Å². The minimum Gasteiger partial charge on any atom is -0.347 e. The number of nitrogens with zero attached hydrogens (tertiary/aromatic N) is 1. The standard InChI is InChI=1S/C51H97N2O6P/c1-9-11-13-15-17-19-21-23-25-27-29-31-33-35-37-39-41-51(42-40-38-36-34-32-30-28-26-24-22-20-18-16-14-12-10-2)56-47-48(59-51)49(3,4)50(5,6)53(7)44-46-58-60(54,55-8)57-45-43-52/h17-20,23-26,48H,9-16,21-22,27-47,52H2,1-8H3/b19-17-,20-18-,25-23-,26-24-/t48-,60?/m1/s1. The maximum absolute atomic E-state index is 12.8. The van der Waals surface area contributed by atoms with Crippen molar-refractivity contribution < 1.29 is 27.6 Å². The summed E-state index contributed by atoms with van der Waals surface area (Å²) in [6.07, 6.45) is 50.4. The number of allylic oxidation sites excluding steroid dienone is 8. The van der Waals surface area contributed by atoms with Crippen LogP contribution in [0.1, 0.15) is 208 Å². The molecule has 0 aromatic rings. The maximum Gasteiger partial charge on any atom is 0.474 e. The van der Waals surface area contributed by atoms with Crippen LogP contribution in [0.4, 0.5) is 0 Å². The van der Waals surface area contributed by atoms with Gasteiger partial charge < -0.3 is 15.2 Å². The van der Waals surface area contributed by atoms with Crippen LogP contribution in [0, 0.1) is 5.41 Å². The van der Waals surface area contributed by atoms with Gasteiger partial charge in [0.05, 0.1) is 25.9 Å². The molecule has 0 aliphatic carbocycles. The van der Waals surface area contributed by atoms with Crippen LogP contribution in [0.5, 0.6) is 0 Å². The smallest absolute Gasteiger partial charge is 0.347 e. The predicted molar refractivity (Wildman–Crippen MR) is 258 cm³/mol. The number of hydrogen-bond acceptors (Lipinski definition) is 8. The number of phosphoric acid groups is 1. The van der Waals surface area contributed by atoms with E-state index in [1.165, 1.54) is 136 Å². The van der Waals surface area contributed by atoms with Gasteiger partial charge in [-0.05, 0) is 97.9 Å². The Morgan fingerprint density at radius 3 is 1.50 bits per heavy atom. The Hall–Kier alpha value is -1.09. The molecule has 352 valence electrons. The lowest BCUT2D eigenvalue weighted by atomic mass is 9.69. The number of unbranched alkanes of at least 4 members (excludes halogenated alkanes) is 18. The molecule has 1 rings (SSSR count). The van der Waals surface area contributed by atoms with E-state index in [1.807, 2.05) is 0 Å². The minimum atomic E-state index is -3.63. The fourth-order valence-electron chi connectivity index (χ4n) is 7.82. The molecule has 0 amide bonds. The lowest BCUT2D eigenvalue weighted by Gasteiger charge is -2.50. The quantitative estimate of drug-likeness (QED) is 0.0369. The lowest BCUT2D eigenvalue weighted by molar-refractivity contribution is -0.198. The van der Waals surface area contributed by atoms with Gasteiger partial charge in [0, 0.05) is 44.0 Å². The molecule has 0 saturated carbocycles. The second kappa shape index (κ2) is 35.3. The van der Waals surface area contributed by atoms with E-state index in [-0.39, 0.29) is 36.8 Å². The average Bonchev–Trinajstić information content (AvgIpc) is 3.67. The van der Waals surface area contributed by atoms with Crippen molar-refractivity contribution in [2.24, 2.45) is 11.1 Å². The van der Waals surface area contributed by atoms with Gasteiger partial charge >= 0.3 is 7.82 Å². The molecule has 0 radical (unpaired) electrons. The summed E-state index contributed by atoms with van der Waals surface area (Å²) in [7, 11) is -0.208. The molecule has 60 heavy (non-hydrogen) atoms. The molecule has 1 fully saturated rings. The van der Waals surface area contributed by atoms with Gasteiger partial charge in [0.15, 0.2) is 5.79 Å². The highest BCUT2D eigenvalue weighted by atomic mass is 31.2. The highest BCUT2D eigenvalue weighted by Crippen LogP contribution is 2.49. The van der Waals surface area contributed by atoms with Crippen molar-refractivity contribution in [2.45, 2.75) is 226 Å². The van der Waals surface area contributed by atoms with Crippen LogP contribution in [-0.4, -0.2) is 69.4 Å². The van der Waals surface area contributed by atoms with Crippen LogP contribution >= 0.6 is 7.82 Å². The Morgan fingerprint density at radius 1 is 0.650 bits per heavy atom. The van der Waals surface area contributed by atoms with E-state index in [9.17, 15) is 4.57 Å². The number of phosphoric ester groups is 1. The van der Waals surface area contributed by atoms with Crippen molar-refractivity contribution in [1.29, 1.82) is 0 Å². The Labute approximate surface area is 371 Å². The molecule has 2 atom stereocenters. The summed E-state index contributed by atoms with van der Waals surface area (Å²) in [6, 6.07) is 0. The first kappa shape index (κ1) is 56.9. The molecular weight excluding hydrogens is 768 g/mol. The molecule has 0 spiro atoms. The fraction of sp³-hybridized carbons (Fsp3) is 0.843. The molecular formula is C51H97N2O6P. The summed E-state index contributed by atoms with van der Waals surface area (Å²) in [6.45, 7) is 15.3. The summed E-state index contributed by atoms with van der Waals surface area (Å²) in [5.74, 6) is -0.518. The van der Waals surface area contributed by atoms with Crippen molar-refractivity contribution in [3.63, 3.8) is 0 Å². The molecule has 9 heteroatoms. The van der Waals surface area contributed by atoms with Crippen LogP contribution in [0.25, 0.3) is 0 Å². The Balaban J connectivity index is 2.64. The SMILES string of the molecule is CCCCC/C=C\C/C=C\CCCCCCCCC1(CCCCCCCC/C=C\C/C=C\CCCCC)OC[C@H](C(C)(C)C(C)(C)N(C)CCOP(=O)(OC)OCCN)O1. The minimum absolute atomic E-state index is 0.0527. The second-order valence-corrected chi connectivity index (χ2v) is 20.1. The molecule has 1 aliphatic rings. The zero-order valence-electron chi connectivity index (χ0n) is 40.5. The summed E-state index contributed by atoms with van der Waals surface area (Å²) >= 11 is 0. The van der Waals surface area contributed by atoms with Gasteiger partial charge in [-0.1, -0.05) is 153 Å². The van der Waals surface area contributed by atoms with Crippen molar-refractivity contribution in [3.05, 3.63) is 48.6 Å². The van der Waals surface area contributed by atoms with Gasteiger partial charge in [-0.2, -0.15) is 0 Å². The van der Waals surface area contributed by atoms with Gasteiger partial charge in [-0.3, -0.25) is 18.5 Å². The zero-order valence-corrected chi connectivity index (χ0v) is 41.4. The number of likely N-dealkylation sites (N-methyl/N-ethyl adjacent to an activating group) is 1. The molecule has 1 aliphatic heterocycles. The monoisotopic (exact) mass is 865 g/mol. The Bertz CT molecular complexity index is 1140. The first-order valence-electron chi connectivity index (χ1n) is 24.7. The summed E-state index contributed by atoms with van der Waals surface area (Å²) in [4.78, 5) is 2.25. The third-order valence-electron chi connectivity index (χ3n) is 13.0. The first-order chi connectivity index (χ1) is 28.9. The number of nitrogens with two attached hydrogens (primary N) is 1. The maximum atomic E-state index is 12.8. The largest absolute Gasteiger partial charge is 0.474 e. The number of ether oxygens (including phenoxy) is 2. The molecule has 0 aromatic heterocycles. The van der Waals surface area contributed by atoms with Gasteiger partial charge in [0.1, 0.15) is 0 Å². The van der Waals surface area contributed by atoms with Crippen LogP contribution in [0.15, 0.2) is 48.6 Å². The molecule has 1 unspecified atom stereocenters. The average molecular weight is 865 g/mol. The molecule has 2 N–H and O–H groups in total. The zero-order chi connectivity index (χ0) is 44.3. The first-order valence-corrected chi connectivity index (χ1v) is 26.2. The van der Waals surface area contributed by atoms with Crippen molar-refractivity contribution in [1.82, 2.24) is 4.90 Å². The van der Waals surface area contributed by atoms with E-state index in [2.05, 4.69) is 102 Å². The summed E-state index contributed by atoms with van der Waals surface area (Å²) in [5, 5.41) is 0. The highest BCUT2D eigenvalue weighted by Gasteiger charge is 2.53. The Kier molecular flexibility index (Phi) is 33.5. The van der Waals surface area contributed by atoms with Crippen molar-refractivity contribution in [2.75, 3.05) is 47.1 Å². The summed E-state index contributed by atoms with van der Waals surface area (Å²) in [5.41, 5.74) is 5.00. The fourth-order valence-corrected chi connectivity index (χ4v) is 8.74. The highest BCUT2D eigenvalue weighted by molar-refractivity contribution is 7.48. The topological polar surface area (TPSA) is 92.5 Å². The van der Waals surface area contributed by atoms with Crippen molar-refractivity contribution in [3.8, 4) is 0 Å². The van der Waals surface area contributed by atoms with Crippen LogP contribution in [0.2, 0.25) is 0 Å². The normalized spacial score (nSPS) is 17.5. The summed E-state index contributed by atoms with van der Waals surface area (Å²) < 4.78 is 42.6. The van der Waals surface area contributed by atoms with Gasteiger partial charge in [-0.25, -0.2) is 4.57 Å². The number of rotatable bonds is 41. The van der Waals surface area contributed by atoms with E-state index in [1.54, 1.807) is 0 Å². The van der Waals surface area contributed by atoms with Crippen molar-refractivity contribution >= 4 is 7.82 Å². The molecule has 8 nitrogen and oxygen atoms in total. The van der Waals surface area contributed by atoms with E-state index in [4.69, 9.17) is 28.8 Å².